The highest BCUT2D eigenvalue weighted by molar-refractivity contribution is 7.22. The fourth-order valence-corrected chi connectivity index (χ4v) is 4.10. The minimum absolute atomic E-state index is 0. The summed E-state index contributed by atoms with van der Waals surface area (Å²) in [6, 6.07) is 9.64. The largest absolute Gasteiger partial charge is 0.492 e. The molecule has 26 heavy (non-hydrogen) atoms. The van der Waals surface area contributed by atoms with Gasteiger partial charge in [-0.2, -0.15) is 0 Å². The Balaban J connectivity index is 0.00000243. The molecule has 5 nitrogen and oxygen atoms in total. The van der Waals surface area contributed by atoms with Gasteiger partial charge in [0.25, 0.3) is 5.91 Å². The van der Waals surface area contributed by atoms with E-state index >= 15 is 0 Å². The van der Waals surface area contributed by atoms with Crippen molar-refractivity contribution in [2.75, 3.05) is 38.7 Å². The number of hydrogen-bond donors (Lipinski definition) is 0. The van der Waals surface area contributed by atoms with E-state index in [4.69, 9.17) is 9.72 Å². The molecule has 0 bridgehead atoms. The molecule has 2 heterocycles. The maximum Gasteiger partial charge on any atom is 0.270 e. The van der Waals surface area contributed by atoms with Crippen LogP contribution in [0.2, 0.25) is 0 Å². The fourth-order valence-electron chi connectivity index (χ4n) is 2.42. The highest BCUT2D eigenvalue weighted by Gasteiger charge is 2.22. The zero-order chi connectivity index (χ0) is 17.8. The Bertz CT molecular complexity index is 849. The highest BCUT2D eigenvalue weighted by Crippen LogP contribution is 2.35. The number of ether oxygens (including phenoxy) is 1. The van der Waals surface area contributed by atoms with Crippen LogP contribution in [0.25, 0.3) is 10.2 Å². The van der Waals surface area contributed by atoms with Crippen molar-refractivity contribution in [1.29, 1.82) is 0 Å². The van der Waals surface area contributed by atoms with Crippen LogP contribution in [0.1, 0.15) is 16.6 Å². The number of para-hydroxylation sites is 1. The lowest BCUT2D eigenvalue weighted by Crippen LogP contribution is -2.36. The first-order valence-corrected chi connectivity index (χ1v) is 9.82. The molecule has 140 valence electrons. The first-order valence-electron chi connectivity index (χ1n) is 8.12. The predicted octanol–water partition coefficient (Wildman–Crippen LogP) is 4.39. The number of carbonyl (C=O) groups is 1. The van der Waals surface area contributed by atoms with Crippen LogP contribution in [0, 0.1) is 0 Å². The number of thiazole rings is 1. The van der Waals surface area contributed by atoms with Gasteiger partial charge in [0, 0.05) is 13.1 Å². The zero-order valence-corrected chi connectivity index (χ0v) is 17.4. The number of carbonyl (C=O) groups excluding carboxylic acids is 1. The Hall–Kier alpha value is -1.67. The number of anilines is 1. The Labute approximate surface area is 167 Å². The van der Waals surface area contributed by atoms with Crippen molar-refractivity contribution in [1.82, 2.24) is 9.88 Å². The molecule has 0 saturated heterocycles. The quantitative estimate of drug-likeness (QED) is 0.578. The third-order valence-electron chi connectivity index (χ3n) is 3.65. The van der Waals surface area contributed by atoms with Crippen LogP contribution in [0.5, 0.6) is 5.75 Å². The van der Waals surface area contributed by atoms with E-state index in [0.29, 0.717) is 18.3 Å². The van der Waals surface area contributed by atoms with Crippen LogP contribution in [0.15, 0.2) is 35.7 Å². The van der Waals surface area contributed by atoms with Crippen LogP contribution < -0.4 is 9.64 Å². The van der Waals surface area contributed by atoms with E-state index in [-0.39, 0.29) is 18.3 Å². The summed E-state index contributed by atoms with van der Waals surface area (Å²) >= 11 is 2.98. The van der Waals surface area contributed by atoms with Crippen LogP contribution in [-0.4, -0.2) is 49.6 Å². The van der Waals surface area contributed by atoms with Crippen molar-refractivity contribution in [3.05, 3.63) is 40.6 Å². The molecule has 0 aliphatic heterocycles. The molecule has 0 unspecified atom stereocenters. The van der Waals surface area contributed by atoms with Gasteiger partial charge in [-0.1, -0.05) is 23.5 Å². The number of fused-ring (bicyclic) bond motifs is 1. The molecule has 0 radical (unpaired) electrons. The Morgan fingerprint density at radius 3 is 2.65 bits per heavy atom. The number of likely N-dealkylation sites (N-methyl/N-ethyl adjacent to an activating group) is 1. The number of thiophene rings is 1. The highest BCUT2D eigenvalue weighted by atomic mass is 35.5. The molecule has 0 spiro atoms. The summed E-state index contributed by atoms with van der Waals surface area (Å²) in [5, 5.41) is 2.63. The molecule has 8 heteroatoms. The summed E-state index contributed by atoms with van der Waals surface area (Å²) in [5.41, 5.74) is 0.818. The van der Waals surface area contributed by atoms with E-state index in [1.807, 2.05) is 56.7 Å². The smallest absolute Gasteiger partial charge is 0.270 e. The van der Waals surface area contributed by atoms with E-state index < -0.39 is 0 Å². The van der Waals surface area contributed by atoms with E-state index in [1.165, 1.54) is 22.7 Å². The van der Waals surface area contributed by atoms with Gasteiger partial charge in [0.1, 0.15) is 11.3 Å². The average molecular weight is 412 g/mol. The van der Waals surface area contributed by atoms with Crippen LogP contribution in [0.3, 0.4) is 0 Å². The summed E-state index contributed by atoms with van der Waals surface area (Å²) in [4.78, 5) is 22.2. The number of nitrogens with zero attached hydrogens (tertiary/aromatic N) is 3. The van der Waals surface area contributed by atoms with Crippen molar-refractivity contribution in [3.8, 4) is 5.75 Å². The van der Waals surface area contributed by atoms with Crippen molar-refractivity contribution in [3.63, 3.8) is 0 Å². The number of hydrogen-bond acceptors (Lipinski definition) is 6. The lowest BCUT2D eigenvalue weighted by atomic mass is 10.3. The number of aromatic nitrogens is 1. The van der Waals surface area contributed by atoms with Crippen molar-refractivity contribution in [2.24, 2.45) is 0 Å². The van der Waals surface area contributed by atoms with E-state index in [0.717, 1.165) is 27.4 Å². The summed E-state index contributed by atoms with van der Waals surface area (Å²) in [7, 11) is 4.00. The van der Waals surface area contributed by atoms with E-state index in [2.05, 4.69) is 4.90 Å². The molecular weight excluding hydrogens is 390 g/mol. The SMILES string of the molecule is CCOc1cccc2sc(N(CCN(C)C)C(=O)c3cccs3)nc12.Cl. The van der Waals surface area contributed by atoms with Gasteiger partial charge in [-0.15, -0.1) is 23.7 Å². The van der Waals surface area contributed by atoms with Crippen molar-refractivity contribution in [2.45, 2.75) is 6.92 Å². The predicted molar refractivity (Wildman–Crippen MR) is 113 cm³/mol. The average Bonchev–Trinajstić information content (AvgIpc) is 3.25. The van der Waals surface area contributed by atoms with Gasteiger partial charge in [-0.25, -0.2) is 4.98 Å². The second-order valence-corrected chi connectivity index (χ2v) is 7.73. The third kappa shape index (κ3) is 4.54. The second kappa shape index (κ2) is 9.32. The maximum absolute atomic E-state index is 13.0. The van der Waals surface area contributed by atoms with Gasteiger partial charge in [-0.3, -0.25) is 9.69 Å². The van der Waals surface area contributed by atoms with Crippen molar-refractivity contribution >= 4 is 56.3 Å². The Morgan fingerprint density at radius 1 is 1.19 bits per heavy atom. The summed E-state index contributed by atoms with van der Waals surface area (Å²) in [6.07, 6.45) is 0. The van der Waals surface area contributed by atoms with Gasteiger partial charge >= 0.3 is 0 Å². The molecule has 0 N–H and O–H groups in total. The molecule has 0 saturated carbocycles. The van der Waals surface area contributed by atoms with E-state index in [9.17, 15) is 4.79 Å². The summed E-state index contributed by atoms with van der Waals surface area (Å²) in [6.45, 7) is 3.90. The van der Waals surface area contributed by atoms with Gasteiger partial charge in [0.05, 0.1) is 16.2 Å². The minimum Gasteiger partial charge on any atom is -0.492 e. The van der Waals surface area contributed by atoms with Crippen LogP contribution >= 0.6 is 35.1 Å². The maximum atomic E-state index is 13.0. The number of rotatable bonds is 7. The molecular formula is C18H22ClN3O2S2. The topological polar surface area (TPSA) is 45.7 Å². The standard InChI is InChI=1S/C18H21N3O2S2.ClH/c1-4-23-13-7-5-8-14-16(13)19-18(25-14)21(11-10-20(2)3)17(22)15-9-6-12-24-15;/h5-9,12H,4,10-11H2,1-3H3;1H. The van der Waals surface area contributed by atoms with Gasteiger partial charge < -0.3 is 9.64 Å². The lowest BCUT2D eigenvalue weighted by Gasteiger charge is -2.21. The van der Waals surface area contributed by atoms with Crippen LogP contribution in [0.4, 0.5) is 5.13 Å². The molecule has 2 aromatic heterocycles. The molecule has 1 amide bonds. The number of benzene rings is 1. The summed E-state index contributed by atoms with van der Waals surface area (Å²) in [5.74, 6) is 0.757. The molecule has 0 aliphatic rings. The molecule has 1 aromatic carbocycles. The molecule has 0 fully saturated rings. The normalized spacial score (nSPS) is 10.8. The molecule has 3 aromatic rings. The number of halogens is 1. The zero-order valence-electron chi connectivity index (χ0n) is 15.0. The van der Waals surface area contributed by atoms with Crippen molar-refractivity contribution < 1.29 is 9.53 Å². The molecule has 0 atom stereocenters. The van der Waals surface area contributed by atoms with Crippen LogP contribution in [-0.2, 0) is 0 Å². The lowest BCUT2D eigenvalue weighted by molar-refractivity contribution is 0.0989. The molecule has 0 aliphatic carbocycles. The van der Waals surface area contributed by atoms with Gasteiger partial charge in [-0.05, 0) is 44.6 Å². The van der Waals surface area contributed by atoms with E-state index in [1.54, 1.807) is 4.90 Å². The monoisotopic (exact) mass is 411 g/mol. The number of amides is 1. The second-order valence-electron chi connectivity index (χ2n) is 5.77. The van der Waals surface area contributed by atoms with Gasteiger partial charge in [0.2, 0.25) is 0 Å². The first kappa shape index (κ1) is 20.6. The molecule has 3 rings (SSSR count). The third-order valence-corrected chi connectivity index (χ3v) is 5.55. The minimum atomic E-state index is -0.00568. The first-order chi connectivity index (χ1) is 12.1. The van der Waals surface area contributed by atoms with Gasteiger partial charge in [0.15, 0.2) is 5.13 Å². The Morgan fingerprint density at radius 2 is 2.00 bits per heavy atom. The Kier molecular flexibility index (Phi) is 7.40. The summed E-state index contributed by atoms with van der Waals surface area (Å²) < 4.78 is 6.70. The fraction of sp³-hybridized carbons (Fsp3) is 0.333.